The number of furan rings is 1. The molecular weight excluding hydrogens is 297 g/mol. The third kappa shape index (κ3) is 2.55. The van der Waals surface area contributed by atoms with Gasteiger partial charge in [0, 0.05) is 5.39 Å². The molecule has 0 fully saturated rings. The molecule has 1 heterocycles. The number of aromatic carboxylic acids is 1. The molecule has 0 aliphatic heterocycles. The van der Waals surface area contributed by atoms with E-state index in [4.69, 9.17) is 9.52 Å². The Morgan fingerprint density at radius 1 is 0.955 bits per heavy atom. The number of benzene rings is 2. The zero-order valence-electron chi connectivity index (χ0n) is 11.0. The van der Waals surface area contributed by atoms with E-state index in [9.17, 15) is 18.0 Å². The largest absolute Gasteiger partial charge is 0.475 e. The van der Waals surface area contributed by atoms with Crippen LogP contribution in [0.2, 0.25) is 0 Å². The highest BCUT2D eigenvalue weighted by Crippen LogP contribution is 2.32. The highest BCUT2D eigenvalue weighted by Gasteiger charge is 2.29. The molecular formula is C16H9F3O3. The number of alkyl halides is 3. The van der Waals surface area contributed by atoms with E-state index in [0.29, 0.717) is 22.1 Å². The molecule has 0 unspecified atom stereocenters. The van der Waals surface area contributed by atoms with Crippen LogP contribution >= 0.6 is 0 Å². The Bertz CT molecular complexity index is 845. The van der Waals surface area contributed by atoms with E-state index in [-0.39, 0.29) is 5.76 Å². The summed E-state index contributed by atoms with van der Waals surface area (Å²) in [5.41, 5.74) is 0.883. The van der Waals surface area contributed by atoms with Gasteiger partial charge in [-0.15, -0.1) is 0 Å². The second kappa shape index (κ2) is 4.91. The molecule has 0 radical (unpaired) electrons. The molecule has 0 bridgehead atoms. The summed E-state index contributed by atoms with van der Waals surface area (Å²) in [5.74, 6) is -1.35. The van der Waals surface area contributed by atoms with Crippen LogP contribution in [-0.2, 0) is 6.18 Å². The van der Waals surface area contributed by atoms with Crippen molar-refractivity contribution in [2.45, 2.75) is 6.18 Å². The minimum Gasteiger partial charge on any atom is -0.475 e. The maximum absolute atomic E-state index is 12.5. The smallest absolute Gasteiger partial charge is 0.416 e. The van der Waals surface area contributed by atoms with Crippen LogP contribution < -0.4 is 0 Å². The Balaban J connectivity index is 2.01. The zero-order valence-corrected chi connectivity index (χ0v) is 11.0. The summed E-state index contributed by atoms with van der Waals surface area (Å²) < 4.78 is 42.8. The van der Waals surface area contributed by atoms with Crippen molar-refractivity contribution in [1.29, 1.82) is 0 Å². The van der Waals surface area contributed by atoms with Crippen molar-refractivity contribution in [2.24, 2.45) is 0 Å². The number of carbonyl (C=O) groups is 1. The molecule has 0 spiro atoms. The predicted molar refractivity (Wildman–Crippen MR) is 73.6 cm³/mol. The van der Waals surface area contributed by atoms with Crippen molar-refractivity contribution in [3.63, 3.8) is 0 Å². The second-order valence-electron chi connectivity index (χ2n) is 4.74. The summed E-state index contributed by atoms with van der Waals surface area (Å²) >= 11 is 0. The van der Waals surface area contributed by atoms with Crippen molar-refractivity contribution >= 4 is 16.9 Å². The number of hydrogen-bond donors (Lipinski definition) is 1. The molecule has 6 heteroatoms. The van der Waals surface area contributed by atoms with E-state index < -0.39 is 17.7 Å². The number of halogens is 3. The molecule has 0 saturated heterocycles. The van der Waals surface area contributed by atoms with Crippen molar-refractivity contribution in [2.75, 3.05) is 0 Å². The first-order chi connectivity index (χ1) is 10.3. The topological polar surface area (TPSA) is 50.4 Å². The first kappa shape index (κ1) is 14.2. The van der Waals surface area contributed by atoms with Crippen LogP contribution in [-0.4, -0.2) is 11.1 Å². The molecule has 112 valence electrons. The molecule has 1 aromatic heterocycles. The highest BCUT2D eigenvalue weighted by molar-refractivity contribution is 5.92. The lowest BCUT2D eigenvalue weighted by molar-refractivity contribution is -0.137. The number of carboxylic acids is 1. The molecule has 2 aromatic carbocycles. The van der Waals surface area contributed by atoms with Gasteiger partial charge in [0.05, 0.1) is 5.56 Å². The van der Waals surface area contributed by atoms with Crippen molar-refractivity contribution in [1.82, 2.24) is 0 Å². The number of hydrogen-bond acceptors (Lipinski definition) is 2. The van der Waals surface area contributed by atoms with Crippen LogP contribution in [0.15, 0.2) is 52.9 Å². The quantitative estimate of drug-likeness (QED) is 0.738. The molecule has 3 rings (SSSR count). The van der Waals surface area contributed by atoms with Crippen LogP contribution in [0.5, 0.6) is 0 Å². The van der Waals surface area contributed by atoms with Crippen LogP contribution in [0.4, 0.5) is 13.2 Å². The fourth-order valence-electron chi connectivity index (χ4n) is 2.17. The molecule has 0 amide bonds. The van der Waals surface area contributed by atoms with Gasteiger partial charge in [-0.05, 0) is 35.4 Å². The van der Waals surface area contributed by atoms with Gasteiger partial charge in [0.2, 0.25) is 5.76 Å². The first-order valence-electron chi connectivity index (χ1n) is 6.29. The summed E-state index contributed by atoms with van der Waals surface area (Å²) in [6.45, 7) is 0. The zero-order chi connectivity index (χ0) is 15.9. The highest BCUT2D eigenvalue weighted by atomic mass is 19.4. The summed E-state index contributed by atoms with van der Waals surface area (Å²) in [6.07, 6.45) is -4.38. The maximum atomic E-state index is 12.5. The molecule has 1 N–H and O–H groups in total. The van der Waals surface area contributed by atoms with E-state index >= 15 is 0 Å². The predicted octanol–water partition coefficient (Wildman–Crippen LogP) is 4.82. The van der Waals surface area contributed by atoms with Gasteiger partial charge in [0.15, 0.2) is 0 Å². The Kier molecular flexibility index (Phi) is 3.16. The average Bonchev–Trinajstić information content (AvgIpc) is 2.89. The fourth-order valence-corrected chi connectivity index (χ4v) is 2.17. The Morgan fingerprint density at radius 3 is 2.18 bits per heavy atom. The van der Waals surface area contributed by atoms with E-state index in [0.717, 1.165) is 12.1 Å². The third-order valence-corrected chi connectivity index (χ3v) is 3.28. The normalized spacial score (nSPS) is 11.8. The van der Waals surface area contributed by atoms with Gasteiger partial charge in [0.25, 0.3) is 0 Å². The number of fused-ring (bicyclic) bond motifs is 1. The van der Waals surface area contributed by atoms with Gasteiger partial charge in [-0.3, -0.25) is 0 Å². The van der Waals surface area contributed by atoms with Gasteiger partial charge in [-0.25, -0.2) is 4.79 Å². The van der Waals surface area contributed by atoms with E-state index in [2.05, 4.69) is 0 Å². The minimum atomic E-state index is -4.38. The molecule has 3 nitrogen and oxygen atoms in total. The molecule has 3 aromatic rings. The van der Waals surface area contributed by atoms with Crippen molar-refractivity contribution in [3.8, 4) is 11.1 Å². The number of carboxylic acid groups (broad SMARTS) is 1. The van der Waals surface area contributed by atoms with Gasteiger partial charge >= 0.3 is 12.1 Å². The second-order valence-corrected chi connectivity index (χ2v) is 4.74. The maximum Gasteiger partial charge on any atom is 0.416 e. The molecule has 0 aliphatic rings. The third-order valence-electron chi connectivity index (χ3n) is 3.28. The van der Waals surface area contributed by atoms with Crippen LogP contribution in [0.3, 0.4) is 0 Å². The van der Waals surface area contributed by atoms with Crippen LogP contribution in [0.25, 0.3) is 22.1 Å². The average molecular weight is 306 g/mol. The fraction of sp³-hybridized carbons (Fsp3) is 0.0625. The molecule has 22 heavy (non-hydrogen) atoms. The summed E-state index contributed by atoms with van der Waals surface area (Å²) in [6, 6.07) is 11.1. The van der Waals surface area contributed by atoms with Crippen molar-refractivity contribution < 1.29 is 27.5 Å². The summed E-state index contributed by atoms with van der Waals surface area (Å²) in [4.78, 5) is 10.9. The summed E-state index contributed by atoms with van der Waals surface area (Å²) in [5, 5.41) is 9.50. The lowest BCUT2D eigenvalue weighted by Crippen LogP contribution is -2.03. The standard InChI is InChI=1S/C16H9F3O3/c17-16(18,19)12-5-3-9(4-6-12)10-1-2-11-8-14(15(20)21)22-13(11)7-10/h1-8H,(H,20,21). The van der Waals surface area contributed by atoms with Crippen LogP contribution in [0, 0.1) is 0 Å². The lowest BCUT2D eigenvalue weighted by Gasteiger charge is -2.07. The summed E-state index contributed by atoms with van der Waals surface area (Å²) in [7, 11) is 0. The van der Waals surface area contributed by atoms with Gasteiger partial charge < -0.3 is 9.52 Å². The Morgan fingerprint density at radius 2 is 1.59 bits per heavy atom. The minimum absolute atomic E-state index is 0.181. The molecule has 0 atom stereocenters. The van der Waals surface area contributed by atoms with Gasteiger partial charge in [0.1, 0.15) is 5.58 Å². The molecule has 0 saturated carbocycles. The monoisotopic (exact) mass is 306 g/mol. The van der Waals surface area contributed by atoms with Gasteiger partial charge in [-0.2, -0.15) is 13.2 Å². The number of rotatable bonds is 2. The SMILES string of the molecule is O=C(O)c1cc2ccc(-c3ccc(C(F)(F)F)cc3)cc2o1. The molecule has 0 aliphatic carbocycles. The lowest BCUT2D eigenvalue weighted by atomic mass is 10.0. The first-order valence-corrected chi connectivity index (χ1v) is 6.29. The Labute approximate surface area is 122 Å². The van der Waals surface area contributed by atoms with Crippen molar-refractivity contribution in [3.05, 3.63) is 59.9 Å². The van der Waals surface area contributed by atoms with E-state index in [1.807, 2.05) is 0 Å². The van der Waals surface area contributed by atoms with E-state index in [1.54, 1.807) is 18.2 Å². The van der Waals surface area contributed by atoms with Crippen LogP contribution in [0.1, 0.15) is 16.1 Å². The van der Waals surface area contributed by atoms with E-state index in [1.165, 1.54) is 18.2 Å². The Hall–Kier alpha value is -2.76. The van der Waals surface area contributed by atoms with Gasteiger partial charge in [-0.1, -0.05) is 24.3 Å².